The standard InChI is InChI=1S/C25H42O5/c1-8-9-19(27)30-25(7)13-11-18-24(6,28)14-17(26)21-20(22(25)29-18)16(15(2)3)10-12-23(21,4)5/h15-16,18,20-22,28H,8-14H2,1-7H3/t16-,18-,20-,21-,22-,24-,25-/m1/s1. The summed E-state index contributed by atoms with van der Waals surface area (Å²) in [6, 6.07) is 0. The molecule has 2 bridgehead atoms. The lowest BCUT2D eigenvalue weighted by Crippen LogP contribution is -2.65. The van der Waals surface area contributed by atoms with Gasteiger partial charge in [-0.3, -0.25) is 9.59 Å². The number of rotatable bonds is 4. The zero-order valence-corrected chi connectivity index (χ0v) is 20.0. The fourth-order valence-corrected chi connectivity index (χ4v) is 6.59. The van der Waals surface area contributed by atoms with Crippen molar-refractivity contribution in [3.05, 3.63) is 0 Å². The van der Waals surface area contributed by atoms with Gasteiger partial charge in [-0.15, -0.1) is 0 Å². The van der Waals surface area contributed by atoms with Crippen LogP contribution >= 0.6 is 0 Å². The lowest BCUT2D eigenvalue weighted by molar-refractivity contribution is -0.264. The summed E-state index contributed by atoms with van der Waals surface area (Å²) < 4.78 is 12.7. The Balaban J connectivity index is 2.10. The van der Waals surface area contributed by atoms with Crippen molar-refractivity contribution in [3.8, 4) is 0 Å². The van der Waals surface area contributed by atoms with Crippen LogP contribution in [-0.2, 0) is 19.1 Å². The predicted molar refractivity (Wildman–Crippen MR) is 116 cm³/mol. The van der Waals surface area contributed by atoms with Gasteiger partial charge in [0.2, 0.25) is 0 Å². The second-order valence-corrected chi connectivity index (χ2v) is 11.6. The molecule has 2 saturated heterocycles. The van der Waals surface area contributed by atoms with Crippen LogP contribution in [0.1, 0.15) is 93.4 Å². The normalized spacial score (nSPS) is 43.5. The van der Waals surface area contributed by atoms with E-state index in [9.17, 15) is 14.7 Å². The van der Waals surface area contributed by atoms with Crippen molar-refractivity contribution >= 4 is 11.8 Å². The SMILES string of the molecule is CCCC(=O)O[C@]1(C)CC[C@H]2O[C@@H]1[C@@H]1[C@@H](C(C)C)CCC(C)(C)[C@@H]1C(=O)C[C@@]2(C)O. The van der Waals surface area contributed by atoms with Gasteiger partial charge in [0.1, 0.15) is 17.5 Å². The van der Waals surface area contributed by atoms with E-state index < -0.39 is 17.3 Å². The topological polar surface area (TPSA) is 72.8 Å². The number of carbonyl (C=O) groups excluding carboxylic acids is 2. The van der Waals surface area contributed by atoms with E-state index in [0.717, 1.165) is 19.3 Å². The van der Waals surface area contributed by atoms with Crippen LogP contribution in [0.3, 0.4) is 0 Å². The van der Waals surface area contributed by atoms with E-state index in [1.54, 1.807) is 6.92 Å². The number of hydrogen-bond donors (Lipinski definition) is 1. The third kappa shape index (κ3) is 4.21. The van der Waals surface area contributed by atoms with Crippen LogP contribution in [0.4, 0.5) is 0 Å². The largest absolute Gasteiger partial charge is 0.457 e. The van der Waals surface area contributed by atoms with Gasteiger partial charge < -0.3 is 14.6 Å². The van der Waals surface area contributed by atoms with Gasteiger partial charge in [0.25, 0.3) is 0 Å². The molecule has 3 fully saturated rings. The maximum atomic E-state index is 13.6. The van der Waals surface area contributed by atoms with Gasteiger partial charge in [-0.2, -0.15) is 0 Å². The molecule has 30 heavy (non-hydrogen) atoms. The first-order chi connectivity index (χ1) is 13.8. The molecule has 0 amide bonds. The molecule has 0 aromatic heterocycles. The highest BCUT2D eigenvalue weighted by Gasteiger charge is 2.61. The van der Waals surface area contributed by atoms with Gasteiger partial charge in [0.05, 0.1) is 11.7 Å². The van der Waals surface area contributed by atoms with Gasteiger partial charge >= 0.3 is 5.97 Å². The van der Waals surface area contributed by atoms with Crippen LogP contribution in [0.2, 0.25) is 0 Å². The molecule has 1 aliphatic carbocycles. The van der Waals surface area contributed by atoms with Crippen molar-refractivity contribution in [2.45, 2.75) is 117 Å². The first-order valence-corrected chi connectivity index (χ1v) is 11.9. The number of aliphatic hydroxyl groups is 1. The maximum Gasteiger partial charge on any atom is 0.306 e. The van der Waals surface area contributed by atoms with E-state index in [2.05, 4.69) is 27.7 Å². The van der Waals surface area contributed by atoms with Crippen molar-refractivity contribution in [2.75, 3.05) is 0 Å². The molecule has 0 aromatic rings. The molecule has 3 rings (SSSR count). The molecule has 0 spiro atoms. The highest BCUT2D eigenvalue weighted by atomic mass is 16.6. The Morgan fingerprint density at radius 3 is 2.47 bits per heavy atom. The van der Waals surface area contributed by atoms with Crippen molar-refractivity contribution < 1.29 is 24.2 Å². The molecule has 3 aliphatic rings. The van der Waals surface area contributed by atoms with Crippen molar-refractivity contribution in [3.63, 3.8) is 0 Å². The van der Waals surface area contributed by atoms with E-state index in [0.29, 0.717) is 31.1 Å². The Kier molecular flexibility index (Phi) is 6.48. The summed E-state index contributed by atoms with van der Waals surface area (Å²) >= 11 is 0. The zero-order chi connectivity index (χ0) is 22.5. The Hall–Kier alpha value is -0.940. The number of carbonyl (C=O) groups is 2. The molecule has 7 atom stereocenters. The minimum Gasteiger partial charge on any atom is -0.457 e. The summed E-state index contributed by atoms with van der Waals surface area (Å²) in [6.45, 7) is 14.5. The Labute approximate surface area is 182 Å². The van der Waals surface area contributed by atoms with Crippen LogP contribution < -0.4 is 0 Å². The van der Waals surface area contributed by atoms with Crippen LogP contribution in [0.5, 0.6) is 0 Å². The van der Waals surface area contributed by atoms with E-state index in [4.69, 9.17) is 9.47 Å². The minimum atomic E-state index is -1.20. The lowest BCUT2D eigenvalue weighted by atomic mass is 9.52. The lowest BCUT2D eigenvalue weighted by Gasteiger charge is -2.59. The second-order valence-electron chi connectivity index (χ2n) is 11.6. The Bertz CT molecular complexity index is 666. The first-order valence-electron chi connectivity index (χ1n) is 11.9. The Morgan fingerprint density at radius 1 is 1.20 bits per heavy atom. The quantitative estimate of drug-likeness (QED) is 0.666. The molecule has 0 aromatic carbocycles. The van der Waals surface area contributed by atoms with Crippen LogP contribution in [-0.4, -0.2) is 40.3 Å². The third-order valence-electron chi connectivity index (χ3n) is 8.24. The number of ketones is 1. The molecule has 5 heteroatoms. The number of ether oxygens (including phenoxy) is 2. The fourth-order valence-electron chi connectivity index (χ4n) is 6.59. The number of hydrogen-bond acceptors (Lipinski definition) is 5. The maximum absolute atomic E-state index is 13.6. The third-order valence-corrected chi connectivity index (χ3v) is 8.24. The van der Waals surface area contributed by atoms with E-state index in [-0.39, 0.29) is 41.5 Å². The summed E-state index contributed by atoms with van der Waals surface area (Å²) in [6.07, 6.45) is 3.71. The van der Waals surface area contributed by atoms with Gasteiger partial charge in [-0.25, -0.2) is 0 Å². The summed E-state index contributed by atoms with van der Waals surface area (Å²) in [5.41, 5.74) is -2.15. The molecule has 1 N–H and O–H groups in total. The van der Waals surface area contributed by atoms with Gasteiger partial charge in [-0.1, -0.05) is 34.6 Å². The van der Waals surface area contributed by atoms with Crippen molar-refractivity contribution in [1.82, 2.24) is 0 Å². The average Bonchev–Trinajstić information content (AvgIpc) is 2.59. The molecule has 1 saturated carbocycles. The molecule has 5 nitrogen and oxygen atoms in total. The van der Waals surface area contributed by atoms with Crippen molar-refractivity contribution in [1.29, 1.82) is 0 Å². The highest BCUT2D eigenvalue weighted by molar-refractivity contribution is 5.83. The van der Waals surface area contributed by atoms with E-state index in [1.807, 2.05) is 13.8 Å². The van der Waals surface area contributed by atoms with E-state index >= 15 is 0 Å². The van der Waals surface area contributed by atoms with E-state index in [1.165, 1.54) is 0 Å². The molecule has 0 unspecified atom stereocenters. The smallest absolute Gasteiger partial charge is 0.306 e. The Morgan fingerprint density at radius 2 is 1.87 bits per heavy atom. The summed E-state index contributed by atoms with van der Waals surface area (Å²) in [5, 5.41) is 11.2. The van der Waals surface area contributed by atoms with Crippen LogP contribution in [0.25, 0.3) is 0 Å². The molecule has 0 radical (unpaired) electrons. The molecule has 2 aliphatic heterocycles. The first kappa shape index (κ1) is 23.7. The monoisotopic (exact) mass is 422 g/mol. The van der Waals surface area contributed by atoms with Gasteiger partial charge in [0, 0.05) is 24.7 Å². The van der Waals surface area contributed by atoms with Crippen molar-refractivity contribution in [2.24, 2.45) is 29.1 Å². The number of fused-ring (bicyclic) bond motifs is 4. The molecule has 172 valence electrons. The number of esters is 1. The van der Waals surface area contributed by atoms with Crippen LogP contribution in [0.15, 0.2) is 0 Å². The highest BCUT2D eigenvalue weighted by Crippen LogP contribution is 2.56. The molecule has 2 heterocycles. The summed E-state index contributed by atoms with van der Waals surface area (Å²) in [5.74, 6) is 0.444. The summed E-state index contributed by atoms with van der Waals surface area (Å²) in [7, 11) is 0. The number of Topliss-reactive ketones (excluding diaryl/α,β-unsaturated/α-hetero) is 1. The summed E-state index contributed by atoms with van der Waals surface area (Å²) in [4.78, 5) is 26.2. The van der Waals surface area contributed by atoms with Gasteiger partial charge in [-0.05, 0) is 63.2 Å². The molecular weight excluding hydrogens is 380 g/mol. The second kappa shape index (κ2) is 8.20. The predicted octanol–water partition coefficient (Wildman–Crippen LogP) is 4.68. The fraction of sp³-hybridized carbons (Fsp3) is 0.920. The van der Waals surface area contributed by atoms with Gasteiger partial charge in [0.15, 0.2) is 0 Å². The zero-order valence-electron chi connectivity index (χ0n) is 20.0. The molecular formula is C25H42O5. The average molecular weight is 423 g/mol. The minimum absolute atomic E-state index is 0.0143. The van der Waals surface area contributed by atoms with Crippen LogP contribution in [0, 0.1) is 29.1 Å².